The van der Waals surface area contributed by atoms with Crippen molar-refractivity contribution in [3.63, 3.8) is 0 Å². The van der Waals surface area contributed by atoms with Crippen molar-refractivity contribution >= 4 is 0 Å². The average molecular weight is 464 g/mol. The van der Waals surface area contributed by atoms with Crippen LogP contribution in [0.5, 0.6) is 0 Å². The minimum Gasteiger partial charge on any atom is -0.380 e. The van der Waals surface area contributed by atoms with Gasteiger partial charge in [0.1, 0.15) is 0 Å². The molecule has 0 spiro atoms. The SMILES string of the molecule is CCCCC/C=C/C/C=C\CCCCCCCCOC[C@H](CCCCCCCCC)N(C)C. The van der Waals surface area contributed by atoms with E-state index in [1.165, 1.54) is 122 Å². The molecule has 0 saturated heterocycles. The van der Waals surface area contributed by atoms with E-state index in [2.05, 4.69) is 57.1 Å². The van der Waals surface area contributed by atoms with Crippen molar-refractivity contribution in [3.8, 4) is 0 Å². The first-order valence-corrected chi connectivity index (χ1v) is 14.8. The molecule has 2 nitrogen and oxygen atoms in total. The van der Waals surface area contributed by atoms with E-state index in [9.17, 15) is 0 Å². The summed E-state index contributed by atoms with van der Waals surface area (Å²) in [6.45, 7) is 6.40. The fourth-order valence-electron chi connectivity index (χ4n) is 4.24. The van der Waals surface area contributed by atoms with Crippen LogP contribution in [0.15, 0.2) is 24.3 Å². The molecule has 0 unspecified atom stereocenters. The molecule has 0 aliphatic heterocycles. The summed E-state index contributed by atoms with van der Waals surface area (Å²) >= 11 is 0. The second-order valence-corrected chi connectivity index (χ2v) is 10.2. The lowest BCUT2D eigenvalue weighted by molar-refractivity contribution is 0.0721. The van der Waals surface area contributed by atoms with Crippen molar-refractivity contribution in [1.29, 1.82) is 0 Å². The minimum absolute atomic E-state index is 0.588. The number of hydrogen-bond acceptors (Lipinski definition) is 2. The Hall–Kier alpha value is -0.600. The highest BCUT2D eigenvalue weighted by molar-refractivity contribution is 4.92. The lowest BCUT2D eigenvalue weighted by atomic mass is 10.0. The van der Waals surface area contributed by atoms with Gasteiger partial charge >= 0.3 is 0 Å². The smallest absolute Gasteiger partial charge is 0.0621 e. The molecule has 0 rings (SSSR count). The first-order valence-electron chi connectivity index (χ1n) is 14.8. The molecule has 0 bridgehead atoms. The number of allylic oxidation sites excluding steroid dienone is 4. The van der Waals surface area contributed by atoms with E-state index in [0.29, 0.717) is 6.04 Å². The van der Waals surface area contributed by atoms with Crippen LogP contribution in [-0.4, -0.2) is 38.3 Å². The summed E-state index contributed by atoms with van der Waals surface area (Å²) in [7, 11) is 4.41. The quantitative estimate of drug-likeness (QED) is 0.0934. The van der Waals surface area contributed by atoms with Crippen LogP contribution in [0, 0.1) is 0 Å². The summed E-state index contributed by atoms with van der Waals surface area (Å²) in [5.74, 6) is 0. The average Bonchev–Trinajstić information content (AvgIpc) is 2.81. The number of nitrogens with zero attached hydrogens (tertiary/aromatic N) is 1. The minimum atomic E-state index is 0.588. The molecule has 0 N–H and O–H groups in total. The van der Waals surface area contributed by atoms with Gasteiger partial charge in [-0.25, -0.2) is 0 Å². The van der Waals surface area contributed by atoms with Crippen LogP contribution in [0.1, 0.15) is 142 Å². The van der Waals surface area contributed by atoms with Gasteiger partial charge in [0, 0.05) is 12.6 Å². The summed E-state index contributed by atoms with van der Waals surface area (Å²) in [6, 6.07) is 0.588. The molecule has 33 heavy (non-hydrogen) atoms. The van der Waals surface area contributed by atoms with E-state index < -0.39 is 0 Å². The van der Waals surface area contributed by atoms with Gasteiger partial charge in [-0.2, -0.15) is 0 Å². The third kappa shape index (κ3) is 25.9. The lowest BCUT2D eigenvalue weighted by Gasteiger charge is -2.24. The molecule has 1 atom stereocenters. The fourth-order valence-corrected chi connectivity index (χ4v) is 4.24. The Morgan fingerprint density at radius 3 is 1.67 bits per heavy atom. The number of likely N-dealkylation sites (N-methyl/N-ethyl adjacent to an activating group) is 1. The summed E-state index contributed by atoms with van der Waals surface area (Å²) < 4.78 is 6.03. The second kappa shape index (κ2) is 27.6. The Balaban J connectivity index is 3.44. The predicted octanol–water partition coefficient (Wildman–Crippen LogP) is 9.89. The molecule has 0 saturated carbocycles. The molecule has 0 aliphatic carbocycles. The van der Waals surface area contributed by atoms with Gasteiger partial charge in [-0.05, 0) is 59.0 Å². The number of hydrogen-bond donors (Lipinski definition) is 0. The van der Waals surface area contributed by atoms with Crippen molar-refractivity contribution < 1.29 is 4.74 Å². The third-order valence-electron chi connectivity index (χ3n) is 6.67. The van der Waals surface area contributed by atoms with Gasteiger partial charge in [-0.1, -0.05) is 122 Å². The molecule has 0 amide bonds. The van der Waals surface area contributed by atoms with E-state index in [1.807, 2.05) is 0 Å². The summed E-state index contributed by atoms with van der Waals surface area (Å²) in [6.07, 6.45) is 36.0. The van der Waals surface area contributed by atoms with Crippen LogP contribution in [0.3, 0.4) is 0 Å². The first kappa shape index (κ1) is 32.4. The van der Waals surface area contributed by atoms with Crippen molar-refractivity contribution in [2.45, 2.75) is 148 Å². The normalized spacial score (nSPS) is 13.1. The van der Waals surface area contributed by atoms with Crippen molar-refractivity contribution in [1.82, 2.24) is 4.90 Å². The van der Waals surface area contributed by atoms with Crippen molar-refractivity contribution in [3.05, 3.63) is 24.3 Å². The molecule has 0 radical (unpaired) electrons. The van der Waals surface area contributed by atoms with Crippen LogP contribution in [0.2, 0.25) is 0 Å². The van der Waals surface area contributed by atoms with Crippen LogP contribution in [0.4, 0.5) is 0 Å². The van der Waals surface area contributed by atoms with Crippen LogP contribution >= 0.6 is 0 Å². The van der Waals surface area contributed by atoms with E-state index in [4.69, 9.17) is 4.74 Å². The topological polar surface area (TPSA) is 12.5 Å². The van der Waals surface area contributed by atoms with Crippen LogP contribution in [-0.2, 0) is 4.74 Å². The molecule has 0 aromatic carbocycles. The van der Waals surface area contributed by atoms with Gasteiger partial charge in [-0.3, -0.25) is 0 Å². The zero-order chi connectivity index (χ0) is 24.2. The Kier molecular flexibility index (Phi) is 27.1. The standard InChI is InChI=1S/C31H61NO/c1-5-7-9-11-13-14-15-16-17-18-19-20-21-23-25-27-29-33-30-31(32(3)4)28-26-24-22-12-10-8-6-2/h13-14,16-17,31H,5-12,15,18-30H2,1-4H3/b14-13+,17-16-/t31-/m0/s1. The molecule has 0 fully saturated rings. The van der Waals surface area contributed by atoms with Gasteiger partial charge in [-0.15, -0.1) is 0 Å². The van der Waals surface area contributed by atoms with Gasteiger partial charge in [0.25, 0.3) is 0 Å². The van der Waals surface area contributed by atoms with Crippen molar-refractivity contribution in [2.75, 3.05) is 27.3 Å². The molecule has 196 valence electrons. The molecular formula is C31H61NO. The molecule has 0 aromatic heterocycles. The highest BCUT2D eigenvalue weighted by Gasteiger charge is 2.11. The molecular weight excluding hydrogens is 402 g/mol. The summed E-state index contributed by atoms with van der Waals surface area (Å²) in [5.41, 5.74) is 0. The molecule has 2 heteroatoms. The zero-order valence-corrected chi connectivity index (χ0v) is 23.3. The van der Waals surface area contributed by atoms with Gasteiger partial charge < -0.3 is 9.64 Å². The Labute approximate surface area is 209 Å². The Morgan fingerprint density at radius 2 is 1.06 bits per heavy atom. The van der Waals surface area contributed by atoms with Crippen molar-refractivity contribution in [2.24, 2.45) is 0 Å². The Bertz CT molecular complexity index is 415. The lowest BCUT2D eigenvalue weighted by Crippen LogP contribution is -2.32. The Morgan fingerprint density at radius 1 is 0.576 bits per heavy atom. The fraction of sp³-hybridized carbons (Fsp3) is 0.871. The number of ether oxygens (including phenoxy) is 1. The third-order valence-corrected chi connectivity index (χ3v) is 6.67. The first-order chi connectivity index (χ1) is 16.2. The van der Waals surface area contributed by atoms with E-state index >= 15 is 0 Å². The van der Waals surface area contributed by atoms with E-state index in [1.54, 1.807) is 0 Å². The molecule has 0 aliphatic rings. The van der Waals surface area contributed by atoms with Gasteiger partial charge in [0.15, 0.2) is 0 Å². The second-order valence-electron chi connectivity index (χ2n) is 10.2. The van der Waals surface area contributed by atoms with Crippen LogP contribution < -0.4 is 0 Å². The maximum absolute atomic E-state index is 6.03. The molecule has 0 heterocycles. The number of rotatable bonds is 26. The predicted molar refractivity (Wildman–Crippen MR) is 150 cm³/mol. The van der Waals surface area contributed by atoms with Crippen LogP contribution in [0.25, 0.3) is 0 Å². The summed E-state index contributed by atoms with van der Waals surface area (Å²) in [5, 5.41) is 0. The largest absolute Gasteiger partial charge is 0.380 e. The molecule has 0 aromatic rings. The maximum atomic E-state index is 6.03. The zero-order valence-electron chi connectivity index (χ0n) is 23.3. The van der Waals surface area contributed by atoms with E-state index in [0.717, 1.165) is 19.6 Å². The van der Waals surface area contributed by atoms with E-state index in [-0.39, 0.29) is 0 Å². The highest BCUT2D eigenvalue weighted by atomic mass is 16.5. The van der Waals surface area contributed by atoms with Gasteiger partial charge in [0.05, 0.1) is 6.61 Å². The monoisotopic (exact) mass is 463 g/mol. The summed E-state index contributed by atoms with van der Waals surface area (Å²) in [4.78, 5) is 2.36. The maximum Gasteiger partial charge on any atom is 0.0621 e. The number of unbranched alkanes of at least 4 members (excludes halogenated alkanes) is 15. The van der Waals surface area contributed by atoms with Gasteiger partial charge in [0.2, 0.25) is 0 Å². The highest BCUT2D eigenvalue weighted by Crippen LogP contribution is 2.13.